The van der Waals surface area contributed by atoms with Crippen molar-refractivity contribution in [2.75, 3.05) is 19.1 Å². The number of benzene rings is 3. The van der Waals surface area contributed by atoms with Crippen molar-refractivity contribution in [1.82, 2.24) is 5.48 Å². The Morgan fingerprint density at radius 3 is 2.57 bits per heavy atom. The van der Waals surface area contributed by atoms with Crippen molar-refractivity contribution in [2.45, 2.75) is 6.10 Å². The van der Waals surface area contributed by atoms with Crippen molar-refractivity contribution in [2.24, 2.45) is 0 Å². The number of amides is 2. The first-order valence-corrected chi connectivity index (χ1v) is 9.38. The van der Waals surface area contributed by atoms with Crippen molar-refractivity contribution in [3.63, 3.8) is 0 Å². The first-order chi connectivity index (χ1) is 14.6. The Balaban J connectivity index is 1.67. The summed E-state index contributed by atoms with van der Waals surface area (Å²) >= 11 is 0. The normalized spacial score (nSPS) is 18.1. The number of rotatable bonds is 4. The fraction of sp³-hybridized carbons (Fsp3) is 0.130. The van der Waals surface area contributed by atoms with Crippen LogP contribution in [0.1, 0.15) is 5.56 Å². The zero-order valence-electron chi connectivity index (χ0n) is 16.3. The number of imide groups is 1. The van der Waals surface area contributed by atoms with Gasteiger partial charge in [0.15, 0.2) is 6.10 Å². The highest BCUT2D eigenvalue weighted by atomic mass is 16.7. The summed E-state index contributed by atoms with van der Waals surface area (Å²) in [5.41, 5.74) is 4.51. The van der Waals surface area contributed by atoms with E-state index in [0.29, 0.717) is 28.4 Å². The van der Waals surface area contributed by atoms with Crippen LogP contribution in [0.5, 0.6) is 11.5 Å². The lowest BCUT2D eigenvalue weighted by Gasteiger charge is -2.18. The van der Waals surface area contributed by atoms with E-state index >= 15 is 0 Å². The second kappa shape index (κ2) is 6.89. The van der Waals surface area contributed by atoms with E-state index in [0.717, 1.165) is 10.8 Å². The van der Waals surface area contributed by atoms with E-state index in [-0.39, 0.29) is 5.57 Å². The summed E-state index contributed by atoms with van der Waals surface area (Å²) in [7, 11) is 3.09. The van der Waals surface area contributed by atoms with Crippen molar-refractivity contribution in [3.05, 3.63) is 71.8 Å². The molecule has 3 aromatic rings. The molecule has 0 unspecified atom stereocenters. The van der Waals surface area contributed by atoms with Crippen LogP contribution in [0.25, 0.3) is 16.5 Å². The third kappa shape index (κ3) is 2.56. The molecule has 5 rings (SSSR count). The van der Waals surface area contributed by atoms with Gasteiger partial charge in [0.25, 0.3) is 11.8 Å². The number of fused-ring (bicyclic) bond motifs is 2. The molecular weight excluding hydrogens is 384 g/mol. The number of nitrogens with one attached hydrogen (secondary N) is 1. The first-order valence-electron chi connectivity index (χ1n) is 9.38. The van der Waals surface area contributed by atoms with Crippen LogP contribution in [0.4, 0.5) is 5.69 Å². The van der Waals surface area contributed by atoms with Gasteiger partial charge in [0.05, 0.1) is 31.2 Å². The Hall–Kier alpha value is -3.84. The van der Waals surface area contributed by atoms with Crippen LogP contribution < -0.4 is 19.9 Å². The maximum Gasteiger partial charge on any atom is 0.270 e. The number of carbonyl (C=O) groups is 2. The standard InChI is InChI=1S/C23H18N2O5/c1-28-14-10-11-18(29-2)16(12-14)20-19-21(30-24-20)23(27)25(22(19)26)17-9-5-7-13-6-3-4-8-15(13)17/h3-12,21,24H,1-2H3/t21-/m0/s1. The summed E-state index contributed by atoms with van der Waals surface area (Å²) in [6.07, 6.45) is -1.03. The van der Waals surface area contributed by atoms with E-state index in [2.05, 4.69) is 5.48 Å². The Bertz CT molecular complexity index is 1230. The number of ether oxygens (including phenoxy) is 2. The zero-order chi connectivity index (χ0) is 20.8. The fourth-order valence-corrected chi connectivity index (χ4v) is 3.93. The fourth-order valence-electron chi connectivity index (χ4n) is 3.93. The van der Waals surface area contributed by atoms with Gasteiger partial charge in [0.2, 0.25) is 0 Å². The second-order valence-corrected chi connectivity index (χ2v) is 6.93. The summed E-state index contributed by atoms with van der Waals surface area (Å²) in [6, 6.07) is 18.4. The third-order valence-corrected chi connectivity index (χ3v) is 5.37. The summed E-state index contributed by atoms with van der Waals surface area (Å²) in [5.74, 6) is 0.257. The molecule has 0 spiro atoms. The molecule has 2 aliphatic heterocycles. The van der Waals surface area contributed by atoms with Crippen LogP contribution in [0.2, 0.25) is 0 Å². The molecular formula is C23H18N2O5. The number of nitrogens with zero attached hydrogens (tertiary/aromatic N) is 1. The molecule has 0 bridgehead atoms. The van der Waals surface area contributed by atoms with Gasteiger partial charge in [-0.1, -0.05) is 36.4 Å². The second-order valence-electron chi connectivity index (χ2n) is 6.93. The Kier molecular flexibility index (Phi) is 4.18. The van der Waals surface area contributed by atoms with Gasteiger partial charge in [-0.15, -0.1) is 0 Å². The minimum Gasteiger partial charge on any atom is -0.497 e. The summed E-state index contributed by atoms with van der Waals surface area (Å²) in [5, 5.41) is 1.76. The number of hydrogen-bond acceptors (Lipinski definition) is 6. The predicted molar refractivity (Wildman–Crippen MR) is 111 cm³/mol. The first kappa shape index (κ1) is 18.2. The van der Waals surface area contributed by atoms with E-state index in [1.807, 2.05) is 36.4 Å². The van der Waals surface area contributed by atoms with E-state index < -0.39 is 17.9 Å². The molecule has 0 aliphatic carbocycles. The molecule has 0 saturated carbocycles. The van der Waals surface area contributed by atoms with Crippen molar-refractivity contribution in [1.29, 1.82) is 0 Å². The predicted octanol–water partition coefficient (Wildman–Crippen LogP) is 3.04. The van der Waals surface area contributed by atoms with Gasteiger partial charge < -0.3 is 9.47 Å². The lowest BCUT2D eigenvalue weighted by molar-refractivity contribution is -0.127. The minimum absolute atomic E-state index is 0.250. The van der Waals surface area contributed by atoms with E-state index in [1.54, 1.807) is 31.4 Å². The number of anilines is 1. The number of hydrogen-bond donors (Lipinski definition) is 1. The van der Waals surface area contributed by atoms with Gasteiger partial charge in [-0.2, -0.15) is 0 Å². The van der Waals surface area contributed by atoms with Crippen LogP contribution >= 0.6 is 0 Å². The Morgan fingerprint density at radius 1 is 0.967 bits per heavy atom. The van der Waals surface area contributed by atoms with Gasteiger partial charge in [-0.25, -0.2) is 4.90 Å². The molecule has 7 heteroatoms. The highest BCUT2D eigenvalue weighted by molar-refractivity contribution is 6.34. The lowest BCUT2D eigenvalue weighted by atomic mass is 10.0. The van der Waals surface area contributed by atoms with E-state index in [1.165, 1.54) is 12.0 Å². The van der Waals surface area contributed by atoms with Gasteiger partial charge >= 0.3 is 0 Å². The zero-order valence-corrected chi connectivity index (χ0v) is 16.3. The average molecular weight is 402 g/mol. The molecule has 2 heterocycles. The molecule has 1 saturated heterocycles. The monoisotopic (exact) mass is 402 g/mol. The summed E-state index contributed by atoms with van der Waals surface area (Å²) < 4.78 is 10.7. The van der Waals surface area contributed by atoms with Crippen LogP contribution in [-0.4, -0.2) is 32.1 Å². The molecule has 1 N–H and O–H groups in total. The molecule has 0 aromatic heterocycles. The van der Waals surface area contributed by atoms with Crippen LogP contribution in [0.15, 0.2) is 66.2 Å². The molecule has 150 valence electrons. The molecule has 7 nitrogen and oxygen atoms in total. The van der Waals surface area contributed by atoms with E-state index in [4.69, 9.17) is 14.3 Å². The SMILES string of the molecule is COc1ccc(OC)c(C2=C3C(=O)N(c4cccc5ccccc45)C(=O)[C@H]3ON2)c1. The summed E-state index contributed by atoms with van der Waals surface area (Å²) in [4.78, 5) is 33.3. The molecule has 30 heavy (non-hydrogen) atoms. The smallest absolute Gasteiger partial charge is 0.270 e. The van der Waals surface area contributed by atoms with Crippen molar-refractivity contribution < 1.29 is 23.9 Å². The van der Waals surface area contributed by atoms with Gasteiger partial charge in [-0.3, -0.25) is 19.9 Å². The minimum atomic E-state index is -1.03. The summed E-state index contributed by atoms with van der Waals surface area (Å²) in [6.45, 7) is 0. The lowest BCUT2D eigenvalue weighted by Crippen LogP contribution is -2.34. The van der Waals surface area contributed by atoms with Crippen LogP contribution in [0.3, 0.4) is 0 Å². The Labute approximate surface area is 172 Å². The van der Waals surface area contributed by atoms with Gasteiger partial charge in [0, 0.05) is 10.9 Å². The molecule has 2 aliphatic rings. The molecule has 0 radical (unpaired) electrons. The molecule has 3 aromatic carbocycles. The molecule has 1 fully saturated rings. The maximum absolute atomic E-state index is 13.4. The highest BCUT2D eigenvalue weighted by Crippen LogP contribution is 2.40. The molecule has 2 amide bonds. The largest absolute Gasteiger partial charge is 0.497 e. The highest BCUT2D eigenvalue weighted by Gasteiger charge is 2.51. The van der Waals surface area contributed by atoms with Gasteiger partial charge in [-0.05, 0) is 29.7 Å². The Morgan fingerprint density at radius 2 is 1.77 bits per heavy atom. The van der Waals surface area contributed by atoms with Crippen molar-refractivity contribution >= 4 is 34.0 Å². The van der Waals surface area contributed by atoms with Crippen molar-refractivity contribution in [3.8, 4) is 11.5 Å². The van der Waals surface area contributed by atoms with Crippen LogP contribution in [0, 0.1) is 0 Å². The number of carbonyl (C=O) groups excluding carboxylic acids is 2. The van der Waals surface area contributed by atoms with Gasteiger partial charge in [0.1, 0.15) is 11.5 Å². The quantitative estimate of drug-likeness (QED) is 0.676. The number of hydroxylamine groups is 1. The van der Waals surface area contributed by atoms with E-state index in [9.17, 15) is 9.59 Å². The topological polar surface area (TPSA) is 77.1 Å². The third-order valence-electron chi connectivity index (χ3n) is 5.37. The maximum atomic E-state index is 13.4. The number of methoxy groups -OCH3 is 2. The van der Waals surface area contributed by atoms with Crippen LogP contribution in [-0.2, 0) is 14.4 Å². The molecule has 1 atom stereocenters. The average Bonchev–Trinajstić information content (AvgIpc) is 3.33.